The summed E-state index contributed by atoms with van der Waals surface area (Å²) in [4.78, 5) is 4.72. The number of hydrogen-bond acceptors (Lipinski definition) is 2. The maximum Gasteiger partial charge on any atom is 0.0534 e. The maximum absolute atomic E-state index is 2.36. The van der Waals surface area contributed by atoms with Gasteiger partial charge in [-0.1, -0.05) is 115 Å². The van der Waals surface area contributed by atoms with E-state index in [1.165, 1.54) is 56.1 Å². The summed E-state index contributed by atoms with van der Waals surface area (Å²) in [5.74, 6) is 0. The largest absolute Gasteiger partial charge is 0.313 e. The fourth-order valence-electron chi connectivity index (χ4n) is 5.99. The van der Waals surface area contributed by atoms with Gasteiger partial charge in [-0.3, -0.25) is 0 Å². The molecule has 2 aliphatic rings. The summed E-state index contributed by atoms with van der Waals surface area (Å²) in [6.45, 7) is 4.26. The van der Waals surface area contributed by atoms with E-state index in [2.05, 4.69) is 181 Å². The summed E-state index contributed by atoms with van der Waals surface area (Å²) in [5, 5.41) is 0. The monoisotopic (exact) mass is 540 g/mol. The topological polar surface area (TPSA) is 6.48 Å². The van der Waals surface area contributed by atoms with Gasteiger partial charge in [-0.05, 0) is 89.7 Å². The number of anilines is 5. The third kappa shape index (κ3) is 4.57. The third-order valence-electron chi connectivity index (χ3n) is 8.10. The molecular formula is C40H32N2. The molecule has 5 aromatic carbocycles. The van der Waals surface area contributed by atoms with Crippen LogP contribution in [0.25, 0.3) is 29.4 Å². The van der Waals surface area contributed by atoms with Crippen LogP contribution in [0.2, 0.25) is 0 Å². The zero-order valence-electron chi connectivity index (χ0n) is 23.9. The fraction of sp³-hybridized carbons (Fsp3) is 0.0500. The fourth-order valence-corrected chi connectivity index (χ4v) is 5.99. The summed E-state index contributed by atoms with van der Waals surface area (Å²) in [7, 11) is 0. The van der Waals surface area contributed by atoms with Gasteiger partial charge in [-0.25, -0.2) is 0 Å². The molecule has 2 aliphatic heterocycles. The zero-order valence-corrected chi connectivity index (χ0v) is 23.9. The Hall–Kier alpha value is -5.34. The van der Waals surface area contributed by atoms with E-state index in [1.54, 1.807) is 0 Å². The van der Waals surface area contributed by atoms with Crippen LogP contribution in [0, 0.1) is 0 Å². The van der Waals surface area contributed by atoms with Gasteiger partial charge in [0.25, 0.3) is 0 Å². The lowest BCUT2D eigenvalue weighted by Gasteiger charge is -2.28. The Morgan fingerprint density at radius 2 is 0.857 bits per heavy atom. The molecule has 0 saturated heterocycles. The van der Waals surface area contributed by atoms with E-state index in [1.807, 2.05) is 0 Å². The van der Waals surface area contributed by atoms with Gasteiger partial charge in [0.2, 0.25) is 0 Å². The van der Waals surface area contributed by atoms with Crippen LogP contribution in [0.1, 0.15) is 30.5 Å². The second-order valence-electron chi connectivity index (χ2n) is 10.6. The Bertz CT molecular complexity index is 1840. The number of rotatable bonds is 4. The van der Waals surface area contributed by atoms with Crippen LogP contribution in [0.4, 0.5) is 28.4 Å². The number of fused-ring (bicyclic) bond motifs is 3. The van der Waals surface area contributed by atoms with Crippen LogP contribution in [0.15, 0.2) is 151 Å². The molecule has 2 heterocycles. The lowest BCUT2D eigenvalue weighted by molar-refractivity contribution is 1.14. The van der Waals surface area contributed by atoms with Gasteiger partial charge < -0.3 is 9.80 Å². The van der Waals surface area contributed by atoms with Crippen molar-refractivity contribution in [3.8, 4) is 11.1 Å². The Kier molecular flexibility index (Phi) is 6.65. The molecule has 0 radical (unpaired) electrons. The minimum atomic E-state index is 1.14. The molecule has 202 valence electrons. The summed E-state index contributed by atoms with van der Waals surface area (Å²) >= 11 is 0. The Morgan fingerprint density at radius 1 is 0.452 bits per heavy atom. The van der Waals surface area contributed by atoms with Gasteiger partial charge in [0.15, 0.2) is 0 Å². The van der Waals surface area contributed by atoms with E-state index in [4.69, 9.17) is 0 Å². The number of hydrogen-bond donors (Lipinski definition) is 0. The van der Waals surface area contributed by atoms with Crippen LogP contribution < -0.4 is 9.80 Å². The van der Waals surface area contributed by atoms with Crippen molar-refractivity contribution in [3.05, 3.63) is 168 Å². The molecule has 0 amide bonds. The maximum atomic E-state index is 2.36. The van der Waals surface area contributed by atoms with Crippen LogP contribution in [-0.4, -0.2) is 0 Å². The van der Waals surface area contributed by atoms with Gasteiger partial charge in [-0.15, -0.1) is 0 Å². The van der Waals surface area contributed by atoms with Crippen LogP contribution in [0.3, 0.4) is 0 Å². The molecule has 0 spiro atoms. The second-order valence-corrected chi connectivity index (χ2v) is 10.6. The molecule has 0 saturated carbocycles. The average Bonchev–Trinajstić information content (AvgIpc) is 3.29. The molecule has 0 aromatic heterocycles. The Morgan fingerprint density at radius 3 is 1.33 bits per heavy atom. The van der Waals surface area contributed by atoms with Crippen LogP contribution >= 0.6 is 0 Å². The van der Waals surface area contributed by atoms with Gasteiger partial charge >= 0.3 is 0 Å². The van der Waals surface area contributed by atoms with E-state index in [0.717, 1.165) is 11.4 Å². The molecule has 0 unspecified atom stereocenters. The number of allylic oxidation sites excluding steroid dienone is 5. The van der Waals surface area contributed by atoms with E-state index in [0.29, 0.717) is 0 Å². The van der Waals surface area contributed by atoms with E-state index >= 15 is 0 Å². The molecule has 0 N–H and O–H groups in total. The van der Waals surface area contributed by atoms with Crippen molar-refractivity contribution in [2.45, 2.75) is 13.8 Å². The number of benzene rings is 5. The second kappa shape index (κ2) is 10.9. The molecule has 0 atom stereocenters. The molecular weight excluding hydrogens is 508 g/mol. The third-order valence-corrected chi connectivity index (χ3v) is 8.10. The minimum Gasteiger partial charge on any atom is -0.313 e. The normalized spacial score (nSPS) is 14.0. The Labute approximate surface area is 248 Å². The first-order valence-electron chi connectivity index (χ1n) is 14.5. The highest BCUT2D eigenvalue weighted by atomic mass is 15.2. The highest BCUT2D eigenvalue weighted by Crippen LogP contribution is 2.42. The van der Waals surface area contributed by atoms with Crippen molar-refractivity contribution in [2.24, 2.45) is 0 Å². The predicted molar refractivity (Wildman–Crippen MR) is 181 cm³/mol. The van der Waals surface area contributed by atoms with Crippen LogP contribution in [-0.2, 0) is 0 Å². The van der Waals surface area contributed by atoms with E-state index < -0.39 is 0 Å². The minimum absolute atomic E-state index is 1.14. The molecule has 0 bridgehead atoms. The first-order chi connectivity index (χ1) is 20.7. The van der Waals surface area contributed by atoms with Crippen molar-refractivity contribution in [1.82, 2.24) is 0 Å². The standard InChI is InChI=1S/C40H32N2/c1-3-10-30-17-18-33-11-4-7-14-38(33)41(29(30)2)36-25-21-31(22-26-36)32-23-27-37(28-24-32)42-39-15-8-5-12-34(39)19-20-35-13-6-9-16-40(35)42/h3-28H,1-2H3/b10-3-. The summed E-state index contributed by atoms with van der Waals surface area (Å²) in [5.41, 5.74) is 14.3. The van der Waals surface area contributed by atoms with E-state index in [9.17, 15) is 0 Å². The van der Waals surface area contributed by atoms with Crippen molar-refractivity contribution in [3.63, 3.8) is 0 Å². The molecule has 2 nitrogen and oxygen atoms in total. The first-order valence-corrected chi connectivity index (χ1v) is 14.5. The molecule has 2 heteroatoms. The lowest BCUT2D eigenvalue weighted by Crippen LogP contribution is -2.16. The van der Waals surface area contributed by atoms with Crippen molar-refractivity contribution in [2.75, 3.05) is 9.80 Å². The highest BCUT2D eigenvalue weighted by Gasteiger charge is 2.20. The van der Waals surface area contributed by atoms with Gasteiger partial charge in [-0.2, -0.15) is 0 Å². The average molecular weight is 541 g/mol. The number of para-hydroxylation sites is 3. The molecule has 7 rings (SSSR count). The lowest BCUT2D eigenvalue weighted by atomic mass is 10.0. The SMILES string of the molecule is C/C=C\C1=C(C)N(c2ccc(-c3ccc(N4c5ccccc5C=Cc5ccccc54)cc3)cc2)c2ccccc2C=C1. The highest BCUT2D eigenvalue weighted by molar-refractivity contribution is 5.93. The van der Waals surface area contributed by atoms with Gasteiger partial charge in [0, 0.05) is 17.1 Å². The van der Waals surface area contributed by atoms with Crippen LogP contribution in [0.5, 0.6) is 0 Å². The number of nitrogens with zero attached hydrogens (tertiary/aromatic N) is 2. The molecule has 5 aromatic rings. The smallest absolute Gasteiger partial charge is 0.0534 e. The quantitative estimate of drug-likeness (QED) is 0.219. The van der Waals surface area contributed by atoms with Crippen molar-refractivity contribution in [1.29, 1.82) is 0 Å². The summed E-state index contributed by atoms with van der Waals surface area (Å²) in [6, 6.07) is 43.6. The van der Waals surface area contributed by atoms with E-state index in [-0.39, 0.29) is 0 Å². The first kappa shape index (κ1) is 25.6. The summed E-state index contributed by atoms with van der Waals surface area (Å²) < 4.78 is 0. The molecule has 0 aliphatic carbocycles. The summed E-state index contributed by atoms with van der Waals surface area (Å²) in [6.07, 6.45) is 13.1. The zero-order chi connectivity index (χ0) is 28.5. The van der Waals surface area contributed by atoms with Gasteiger partial charge in [0.1, 0.15) is 0 Å². The van der Waals surface area contributed by atoms with Crippen molar-refractivity contribution >= 4 is 46.7 Å². The van der Waals surface area contributed by atoms with Crippen molar-refractivity contribution < 1.29 is 0 Å². The molecule has 0 fully saturated rings. The predicted octanol–water partition coefficient (Wildman–Crippen LogP) is 11.3. The van der Waals surface area contributed by atoms with Gasteiger partial charge in [0.05, 0.1) is 17.1 Å². The molecule has 42 heavy (non-hydrogen) atoms. The Balaban J connectivity index is 1.23.